The monoisotopic (exact) mass is 600 g/mol. The Hall–Kier alpha value is -4.25. The van der Waals surface area contributed by atoms with Crippen molar-refractivity contribution in [3.8, 4) is 11.5 Å². The highest BCUT2D eigenvalue weighted by Gasteiger charge is 2.46. The molecule has 0 saturated heterocycles. The molecule has 0 unspecified atom stereocenters. The molecule has 0 fully saturated rings. The van der Waals surface area contributed by atoms with E-state index in [1.807, 2.05) is 24.3 Å². The molecule has 232 valence electrons. The van der Waals surface area contributed by atoms with Gasteiger partial charge in [0.15, 0.2) is 0 Å². The standard InChI is InChI=1S/C34H40N4O6/c1-40-22-5-9-29-26(15-22)20(17-37-29)11-13-35-32(36-14-12-21-18-38-30-10-6-23(41-2)16-27(21)30)25-8-7-24-28(33(39)42-3)19-44-34(43-4)31(24)25/h5-6,8-10,15-19,24,31-32,34-38H,7,11-14H2,1-4H3/t24-,31+,34-/m1/s1. The first-order chi connectivity index (χ1) is 21.5. The molecule has 0 bridgehead atoms. The molecule has 44 heavy (non-hydrogen) atoms. The summed E-state index contributed by atoms with van der Waals surface area (Å²) >= 11 is 0. The van der Waals surface area contributed by atoms with E-state index in [1.54, 1.807) is 21.3 Å². The number of carbonyl (C=O) groups excluding carboxylic acids is 1. The molecule has 2 aromatic heterocycles. The third-order valence-electron chi connectivity index (χ3n) is 8.87. The number of methoxy groups -OCH3 is 4. The van der Waals surface area contributed by atoms with Crippen LogP contribution in [0.2, 0.25) is 0 Å². The molecule has 4 aromatic rings. The first kappa shape index (κ1) is 29.8. The molecule has 10 nitrogen and oxygen atoms in total. The fraction of sp³-hybridized carbons (Fsp3) is 0.382. The maximum Gasteiger partial charge on any atom is 0.337 e. The lowest BCUT2D eigenvalue weighted by molar-refractivity contribution is -0.146. The fourth-order valence-electron chi connectivity index (χ4n) is 6.58. The Labute approximate surface area is 256 Å². The number of benzene rings is 2. The van der Waals surface area contributed by atoms with Gasteiger partial charge in [-0.2, -0.15) is 0 Å². The van der Waals surface area contributed by atoms with E-state index in [2.05, 4.69) is 51.2 Å². The summed E-state index contributed by atoms with van der Waals surface area (Å²) in [6, 6.07) is 12.1. The molecule has 4 N–H and O–H groups in total. The maximum atomic E-state index is 12.6. The van der Waals surface area contributed by atoms with Crippen molar-refractivity contribution in [3.05, 3.63) is 83.4 Å². The van der Waals surface area contributed by atoms with E-state index >= 15 is 0 Å². The van der Waals surface area contributed by atoms with Crippen molar-refractivity contribution in [2.24, 2.45) is 11.8 Å². The van der Waals surface area contributed by atoms with Gasteiger partial charge in [-0.15, -0.1) is 0 Å². The van der Waals surface area contributed by atoms with E-state index in [9.17, 15) is 4.79 Å². The lowest BCUT2D eigenvalue weighted by Gasteiger charge is -2.36. The molecular weight excluding hydrogens is 560 g/mol. The average molecular weight is 601 g/mol. The van der Waals surface area contributed by atoms with Crippen molar-refractivity contribution < 1.29 is 28.5 Å². The van der Waals surface area contributed by atoms with Crippen LogP contribution in [-0.2, 0) is 31.8 Å². The Bertz CT molecular complexity index is 1600. The molecule has 1 aliphatic heterocycles. The second-order valence-corrected chi connectivity index (χ2v) is 11.2. The van der Waals surface area contributed by atoms with Gasteiger partial charge in [0.1, 0.15) is 11.5 Å². The number of hydrogen-bond donors (Lipinski definition) is 4. The van der Waals surface area contributed by atoms with E-state index < -0.39 is 6.29 Å². The van der Waals surface area contributed by atoms with Crippen molar-refractivity contribution in [1.29, 1.82) is 0 Å². The van der Waals surface area contributed by atoms with Crippen molar-refractivity contribution >= 4 is 27.8 Å². The van der Waals surface area contributed by atoms with E-state index in [4.69, 9.17) is 23.7 Å². The molecule has 0 amide bonds. The number of aromatic amines is 2. The van der Waals surface area contributed by atoms with Gasteiger partial charge in [-0.25, -0.2) is 4.79 Å². The number of H-pyrrole nitrogens is 2. The van der Waals surface area contributed by atoms with Crippen LogP contribution >= 0.6 is 0 Å². The largest absolute Gasteiger partial charge is 0.497 e. The van der Waals surface area contributed by atoms with Crippen LogP contribution in [0.3, 0.4) is 0 Å². The Morgan fingerprint density at radius 1 is 0.909 bits per heavy atom. The topological polar surface area (TPSA) is 119 Å². The maximum absolute atomic E-state index is 12.6. The lowest BCUT2D eigenvalue weighted by atomic mass is 9.82. The van der Waals surface area contributed by atoms with Crippen molar-refractivity contribution in [2.75, 3.05) is 41.5 Å². The number of allylic oxidation sites excluding steroid dienone is 1. The normalized spacial score (nSPS) is 19.5. The quantitative estimate of drug-likeness (QED) is 0.100. The number of ether oxygens (including phenoxy) is 5. The first-order valence-electron chi connectivity index (χ1n) is 15.0. The Kier molecular flexibility index (Phi) is 8.92. The van der Waals surface area contributed by atoms with Gasteiger partial charge in [0.2, 0.25) is 6.29 Å². The summed E-state index contributed by atoms with van der Waals surface area (Å²) in [5.41, 5.74) is 6.24. The van der Waals surface area contributed by atoms with Crippen LogP contribution < -0.4 is 20.1 Å². The van der Waals surface area contributed by atoms with Gasteiger partial charge in [-0.3, -0.25) is 10.6 Å². The Balaban J connectivity index is 1.21. The number of aromatic nitrogens is 2. The van der Waals surface area contributed by atoms with E-state index in [0.29, 0.717) is 12.0 Å². The first-order valence-corrected chi connectivity index (χ1v) is 15.0. The SMILES string of the molecule is COC(=O)C1=CO[C@@H](OC)[C@@H]2C(C(NCCc3c[nH]c4ccc(OC)cc34)NCCc3c[nH]c4ccc(OC)cc34)=CC[C@H]12. The van der Waals surface area contributed by atoms with Crippen molar-refractivity contribution in [2.45, 2.75) is 31.7 Å². The molecule has 0 saturated carbocycles. The summed E-state index contributed by atoms with van der Waals surface area (Å²) in [6.45, 7) is 1.44. The Morgan fingerprint density at radius 2 is 1.50 bits per heavy atom. The number of fused-ring (bicyclic) bond motifs is 3. The lowest BCUT2D eigenvalue weighted by Crippen LogP contribution is -2.49. The summed E-state index contributed by atoms with van der Waals surface area (Å²) in [6.07, 6.45) is 9.50. The number of rotatable bonds is 13. The second-order valence-electron chi connectivity index (χ2n) is 11.2. The third kappa shape index (κ3) is 5.80. The predicted octanol–water partition coefficient (Wildman–Crippen LogP) is 4.58. The average Bonchev–Trinajstić information content (AvgIpc) is 3.80. The fourth-order valence-corrected chi connectivity index (χ4v) is 6.58. The summed E-state index contributed by atoms with van der Waals surface area (Å²) in [5, 5.41) is 9.83. The zero-order valence-corrected chi connectivity index (χ0v) is 25.6. The number of carbonyl (C=O) groups is 1. The molecule has 0 radical (unpaired) electrons. The van der Waals surface area contributed by atoms with Gasteiger partial charge >= 0.3 is 5.97 Å². The molecule has 1 aliphatic carbocycles. The molecule has 6 rings (SSSR count). The van der Waals surface area contributed by atoms with Crippen LogP contribution in [0, 0.1) is 11.8 Å². The van der Waals surface area contributed by atoms with Crippen LogP contribution in [0.25, 0.3) is 21.8 Å². The van der Waals surface area contributed by atoms with Crippen molar-refractivity contribution in [3.63, 3.8) is 0 Å². The second kappa shape index (κ2) is 13.2. The highest BCUT2D eigenvalue weighted by Crippen LogP contribution is 2.44. The Morgan fingerprint density at radius 3 is 2.02 bits per heavy atom. The van der Waals surface area contributed by atoms with Crippen molar-refractivity contribution in [1.82, 2.24) is 20.6 Å². The van der Waals surface area contributed by atoms with E-state index in [-0.39, 0.29) is 24.0 Å². The number of nitrogens with one attached hydrogen (secondary N) is 4. The molecular formula is C34H40N4O6. The van der Waals surface area contributed by atoms with Gasteiger partial charge in [0, 0.05) is 60.3 Å². The molecule has 0 spiro atoms. The summed E-state index contributed by atoms with van der Waals surface area (Å²) in [5.74, 6) is 1.08. The summed E-state index contributed by atoms with van der Waals surface area (Å²) in [4.78, 5) is 19.3. The third-order valence-corrected chi connectivity index (χ3v) is 8.87. The van der Waals surface area contributed by atoms with Gasteiger partial charge < -0.3 is 33.7 Å². The van der Waals surface area contributed by atoms with E-state index in [0.717, 1.165) is 64.8 Å². The minimum atomic E-state index is -0.504. The van der Waals surface area contributed by atoms with Crippen LogP contribution in [0.5, 0.6) is 11.5 Å². The van der Waals surface area contributed by atoms with Gasteiger partial charge in [0.25, 0.3) is 0 Å². The zero-order chi connectivity index (χ0) is 30.6. The van der Waals surface area contributed by atoms with Crippen LogP contribution in [0.4, 0.5) is 0 Å². The number of esters is 1. The minimum absolute atomic E-state index is 0.0792. The van der Waals surface area contributed by atoms with Gasteiger partial charge in [0.05, 0.1) is 45.2 Å². The minimum Gasteiger partial charge on any atom is -0.497 e. The van der Waals surface area contributed by atoms with Crippen LogP contribution in [0.15, 0.2) is 72.3 Å². The van der Waals surface area contributed by atoms with Gasteiger partial charge in [-0.05, 0) is 72.4 Å². The van der Waals surface area contributed by atoms with Crippen LogP contribution in [0.1, 0.15) is 17.5 Å². The molecule has 3 atom stereocenters. The number of hydrogen-bond acceptors (Lipinski definition) is 8. The molecule has 10 heteroatoms. The van der Waals surface area contributed by atoms with E-state index in [1.165, 1.54) is 24.5 Å². The molecule has 2 aromatic carbocycles. The predicted molar refractivity (Wildman–Crippen MR) is 169 cm³/mol. The highest BCUT2D eigenvalue weighted by molar-refractivity contribution is 5.89. The van der Waals surface area contributed by atoms with Gasteiger partial charge in [-0.1, -0.05) is 6.08 Å². The zero-order valence-electron chi connectivity index (χ0n) is 25.6. The smallest absolute Gasteiger partial charge is 0.337 e. The highest BCUT2D eigenvalue weighted by atomic mass is 16.7. The molecule has 2 aliphatic rings. The summed E-state index contributed by atoms with van der Waals surface area (Å²) < 4.78 is 27.7. The summed E-state index contributed by atoms with van der Waals surface area (Å²) in [7, 11) is 6.41. The van der Waals surface area contributed by atoms with Crippen LogP contribution in [-0.4, -0.2) is 69.9 Å². The molecule has 3 heterocycles.